The van der Waals surface area contributed by atoms with E-state index < -0.39 is 0 Å². The third-order valence-corrected chi connectivity index (χ3v) is 6.74. The van der Waals surface area contributed by atoms with Crippen LogP contribution in [0, 0.1) is 11.7 Å². The lowest BCUT2D eigenvalue weighted by molar-refractivity contribution is -0.137. The Balaban J connectivity index is 1.63. The molecular weight excluding hydrogens is 405 g/mol. The van der Waals surface area contributed by atoms with Crippen LogP contribution >= 0.6 is 0 Å². The first-order chi connectivity index (χ1) is 15.5. The monoisotopic (exact) mass is 437 g/mol. The lowest BCUT2D eigenvalue weighted by Crippen LogP contribution is -2.42. The van der Waals surface area contributed by atoms with Gasteiger partial charge in [-0.25, -0.2) is 9.37 Å². The van der Waals surface area contributed by atoms with E-state index in [9.17, 15) is 9.18 Å². The molecule has 1 aliphatic rings. The van der Waals surface area contributed by atoms with Crippen molar-refractivity contribution in [2.24, 2.45) is 5.92 Å². The molecule has 0 saturated carbocycles. The zero-order valence-electron chi connectivity index (χ0n) is 19.2. The van der Waals surface area contributed by atoms with Crippen LogP contribution in [0.3, 0.4) is 0 Å². The Morgan fingerprint density at radius 3 is 2.56 bits per heavy atom. The molecule has 6 heteroatoms. The van der Waals surface area contributed by atoms with E-state index in [-0.39, 0.29) is 23.7 Å². The molecule has 0 unspecified atom stereocenters. The molecule has 1 saturated heterocycles. The van der Waals surface area contributed by atoms with E-state index in [1.807, 2.05) is 35.2 Å². The number of carbonyl (C=O) groups is 1. The van der Waals surface area contributed by atoms with Gasteiger partial charge in [0.25, 0.3) is 0 Å². The fourth-order valence-electron chi connectivity index (χ4n) is 4.91. The van der Waals surface area contributed by atoms with Crippen LogP contribution in [-0.2, 0) is 11.2 Å². The fraction of sp³-hybridized carbons (Fsp3) is 0.462. The first-order valence-corrected chi connectivity index (χ1v) is 11.6. The summed E-state index contributed by atoms with van der Waals surface area (Å²) >= 11 is 0. The Bertz CT molecular complexity index is 1080. The van der Waals surface area contributed by atoms with Crippen LogP contribution in [0.4, 0.5) is 4.39 Å². The van der Waals surface area contributed by atoms with Gasteiger partial charge in [-0.05, 0) is 43.9 Å². The van der Waals surface area contributed by atoms with Crippen LogP contribution in [0.1, 0.15) is 57.0 Å². The van der Waals surface area contributed by atoms with Crippen LogP contribution < -0.4 is 4.74 Å². The van der Waals surface area contributed by atoms with Crippen molar-refractivity contribution in [1.82, 2.24) is 14.5 Å². The predicted molar refractivity (Wildman–Crippen MR) is 124 cm³/mol. The zero-order chi connectivity index (χ0) is 22.7. The first kappa shape index (κ1) is 22.3. The van der Waals surface area contributed by atoms with E-state index in [1.54, 1.807) is 7.11 Å². The van der Waals surface area contributed by atoms with E-state index in [4.69, 9.17) is 9.72 Å². The van der Waals surface area contributed by atoms with Gasteiger partial charge < -0.3 is 14.2 Å². The van der Waals surface area contributed by atoms with Crippen LogP contribution in [0.25, 0.3) is 11.0 Å². The molecule has 0 radical (unpaired) electrons. The summed E-state index contributed by atoms with van der Waals surface area (Å²) in [6.07, 6.45) is 4.11. The highest BCUT2D eigenvalue weighted by Crippen LogP contribution is 2.32. The Morgan fingerprint density at radius 2 is 1.88 bits per heavy atom. The van der Waals surface area contributed by atoms with Crippen molar-refractivity contribution < 1.29 is 13.9 Å². The molecule has 0 atom stereocenters. The number of nitrogens with zero attached hydrogens (tertiary/aromatic N) is 3. The number of piperidine rings is 1. The summed E-state index contributed by atoms with van der Waals surface area (Å²) in [6.45, 7) is 5.66. The molecule has 4 rings (SSSR count). The van der Waals surface area contributed by atoms with Crippen LogP contribution in [-0.4, -0.2) is 40.6 Å². The van der Waals surface area contributed by atoms with Crippen LogP contribution in [0.5, 0.6) is 5.75 Å². The van der Waals surface area contributed by atoms with Crippen molar-refractivity contribution in [2.75, 3.05) is 20.2 Å². The molecule has 0 aliphatic carbocycles. The molecule has 0 bridgehead atoms. The van der Waals surface area contributed by atoms with E-state index in [2.05, 4.69) is 18.4 Å². The summed E-state index contributed by atoms with van der Waals surface area (Å²) in [5.74, 6) is 1.84. The number of para-hydroxylation sites is 1. The summed E-state index contributed by atoms with van der Waals surface area (Å²) in [5, 5.41) is 0. The SMILES string of the molecule is CCC(CC)C(=O)N1CCC(n2c(Cc3ccccc3OC)nc3cc(F)ccc32)CC1. The van der Waals surface area contributed by atoms with Crippen LogP contribution in [0.15, 0.2) is 42.5 Å². The first-order valence-electron chi connectivity index (χ1n) is 11.6. The molecule has 2 heterocycles. The Morgan fingerprint density at radius 1 is 1.16 bits per heavy atom. The van der Waals surface area contributed by atoms with Crippen LogP contribution in [0.2, 0.25) is 0 Å². The van der Waals surface area contributed by atoms with Gasteiger partial charge in [-0.2, -0.15) is 0 Å². The average molecular weight is 438 g/mol. The average Bonchev–Trinajstić information content (AvgIpc) is 3.17. The van der Waals surface area contributed by atoms with Crippen molar-refractivity contribution in [3.63, 3.8) is 0 Å². The van der Waals surface area contributed by atoms with E-state index in [0.29, 0.717) is 11.9 Å². The maximum atomic E-state index is 13.9. The molecule has 1 aliphatic heterocycles. The topological polar surface area (TPSA) is 47.4 Å². The number of aromatic nitrogens is 2. The minimum atomic E-state index is -0.281. The second-order valence-electron chi connectivity index (χ2n) is 8.59. The van der Waals surface area contributed by atoms with Gasteiger partial charge in [0.05, 0.1) is 18.1 Å². The predicted octanol–water partition coefficient (Wildman–Crippen LogP) is 5.37. The quantitative estimate of drug-likeness (QED) is 0.499. The minimum Gasteiger partial charge on any atom is -0.496 e. The number of fused-ring (bicyclic) bond motifs is 1. The minimum absolute atomic E-state index is 0.115. The maximum Gasteiger partial charge on any atom is 0.225 e. The van der Waals surface area contributed by atoms with Gasteiger partial charge in [0.1, 0.15) is 17.4 Å². The third-order valence-electron chi connectivity index (χ3n) is 6.74. The normalized spacial score (nSPS) is 15.0. The third kappa shape index (κ3) is 4.36. The number of rotatable bonds is 7. The molecule has 170 valence electrons. The number of likely N-dealkylation sites (tertiary alicyclic amines) is 1. The summed E-state index contributed by atoms with van der Waals surface area (Å²) < 4.78 is 21.7. The Hall–Kier alpha value is -2.89. The fourth-order valence-corrected chi connectivity index (χ4v) is 4.91. The van der Waals surface area contributed by atoms with Gasteiger partial charge in [0.2, 0.25) is 5.91 Å². The zero-order valence-corrected chi connectivity index (χ0v) is 19.2. The van der Waals surface area contributed by atoms with Gasteiger partial charge in [-0.15, -0.1) is 0 Å². The molecule has 0 spiro atoms. The van der Waals surface area contributed by atoms with Gasteiger partial charge in [-0.1, -0.05) is 32.0 Å². The number of imidazole rings is 1. The molecule has 32 heavy (non-hydrogen) atoms. The van der Waals surface area contributed by atoms with Crippen molar-refractivity contribution in [3.8, 4) is 5.75 Å². The Kier molecular flexibility index (Phi) is 6.77. The smallest absolute Gasteiger partial charge is 0.225 e. The standard InChI is InChI=1S/C26H32FN3O2/c1-4-18(5-2)26(31)29-14-12-21(13-15-29)30-23-11-10-20(27)17-22(23)28-25(30)16-19-8-6-7-9-24(19)32-3/h6-11,17-18,21H,4-5,12-16H2,1-3H3. The number of ether oxygens (including phenoxy) is 1. The molecule has 5 nitrogen and oxygen atoms in total. The molecule has 0 N–H and O–H groups in total. The number of carbonyl (C=O) groups excluding carboxylic acids is 1. The highest BCUT2D eigenvalue weighted by atomic mass is 19.1. The molecule has 1 amide bonds. The summed E-state index contributed by atoms with van der Waals surface area (Å²) in [7, 11) is 1.67. The number of methoxy groups -OCH3 is 1. The highest BCUT2D eigenvalue weighted by Gasteiger charge is 2.29. The number of hydrogen-bond donors (Lipinski definition) is 0. The summed E-state index contributed by atoms with van der Waals surface area (Å²) in [6, 6.07) is 13.0. The summed E-state index contributed by atoms with van der Waals surface area (Å²) in [4.78, 5) is 19.7. The number of hydrogen-bond acceptors (Lipinski definition) is 3. The molecule has 3 aromatic rings. The van der Waals surface area contributed by atoms with Crippen molar-refractivity contribution in [3.05, 3.63) is 59.7 Å². The Labute approximate surface area is 189 Å². The lowest BCUT2D eigenvalue weighted by Gasteiger charge is -2.35. The molecular formula is C26H32FN3O2. The molecule has 1 aromatic heterocycles. The van der Waals surface area contributed by atoms with Gasteiger partial charge in [-0.3, -0.25) is 4.79 Å². The highest BCUT2D eigenvalue weighted by molar-refractivity contribution is 5.79. The van der Waals surface area contributed by atoms with Crippen molar-refractivity contribution >= 4 is 16.9 Å². The number of amides is 1. The lowest BCUT2D eigenvalue weighted by atomic mass is 9.98. The van der Waals surface area contributed by atoms with E-state index in [0.717, 1.165) is 61.4 Å². The van der Waals surface area contributed by atoms with E-state index in [1.165, 1.54) is 12.1 Å². The molecule has 2 aromatic carbocycles. The van der Waals surface area contributed by atoms with Gasteiger partial charge in [0, 0.05) is 43.1 Å². The largest absolute Gasteiger partial charge is 0.496 e. The number of benzene rings is 2. The van der Waals surface area contributed by atoms with Crippen molar-refractivity contribution in [1.29, 1.82) is 0 Å². The number of halogens is 1. The maximum absolute atomic E-state index is 13.9. The van der Waals surface area contributed by atoms with Gasteiger partial charge >= 0.3 is 0 Å². The second kappa shape index (κ2) is 9.72. The second-order valence-corrected chi connectivity index (χ2v) is 8.59. The van der Waals surface area contributed by atoms with Crippen molar-refractivity contribution in [2.45, 2.75) is 52.0 Å². The molecule has 1 fully saturated rings. The summed E-state index contributed by atoms with van der Waals surface area (Å²) in [5.41, 5.74) is 2.67. The van der Waals surface area contributed by atoms with Gasteiger partial charge in [0.15, 0.2) is 0 Å². The van der Waals surface area contributed by atoms with E-state index >= 15 is 0 Å².